The number of nitrogens with zero attached hydrogens (tertiary/aromatic N) is 6. The molecule has 0 aliphatic rings. The molecule has 8 heteroatoms. The summed E-state index contributed by atoms with van der Waals surface area (Å²) in [4.78, 5) is 33.1. The van der Waals surface area contributed by atoms with Crippen LogP contribution >= 0.6 is 0 Å². The third-order valence-electron chi connectivity index (χ3n) is 5.55. The molecular formula is C22H28N6O2. The van der Waals surface area contributed by atoms with Crippen molar-refractivity contribution in [1.82, 2.24) is 28.0 Å². The number of hydrogen-bond acceptors (Lipinski definition) is 4. The molecule has 158 valence electrons. The molecule has 0 aliphatic carbocycles. The molecular weight excluding hydrogens is 380 g/mol. The van der Waals surface area contributed by atoms with E-state index in [0.717, 1.165) is 36.3 Å². The highest BCUT2D eigenvalue weighted by atomic mass is 16.2. The van der Waals surface area contributed by atoms with Gasteiger partial charge >= 0.3 is 5.69 Å². The van der Waals surface area contributed by atoms with Gasteiger partial charge in [-0.15, -0.1) is 0 Å². The first-order valence-electron chi connectivity index (χ1n) is 10.2. The van der Waals surface area contributed by atoms with Crippen molar-refractivity contribution in [2.75, 3.05) is 20.6 Å². The third-order valence-corrected chi connectivity index (χ3v) is 5.55. The van der Waals surface area contributed by atoms with Gasteiger partial charge in [0, 0.05) is 25.5 Å². The number of hydrogen-bond donors (Lipinski definition) is 0. The van der Waals surface area contributed by atoms with Crippen LogP contribution in [0.5, 0.6) is 0 Å². The fourth-order valence-electron chi connectivity index (χ4n) is 4.01. The lowest BCUT2D eigenvalue weighted by Crippen LogP contribution is -2.39. The number of rotatable bonds is 6. The van der Waals surface area contributed by atoms with Crippen LogP contribution in [0.1, 0.15) is 23.2 Å². The van der Waals surface area contributed by atoms with Gasteiger partial charge in [-0.05, 0) is 46.5 Å². The molecule has 3 heterocycles. The zero-order valence-corrected chi connectivity index (χ0v) is 18.2. The normalized spacial score (nSPS) is 11.9. The minimum absolute atomic E-state index is 0.235. The third kappa shape index (κ3) is 3.37. The van der Waals surface area contributed by atoms with Crippen molar-refractivity contribution in [3.05, 3.63) is 68.1 Å². The first-order valence-corrected chi connectivity index (χ1v) is 10.2. The molecule has 0 radical (unpaired) electrons. The molecule has 0 bridgehead atoms. The van der Waals surface area contributed by atoms with E-state index in [2.05, 4.69) is 14.5 Å². The fourth-order valence-corrected chi connectivity index (χ4v) is 4.01. The zero-order valence-electron chi connectivity index (χ0n) is 18.2. The Balaban J connectivity index is 1.87. The Kier molecular flexibility index (Phi) is 5.11. The smallest absolute Gasteiger partial charge is 0.314 e. The predicted octanol–water partition coefficient (Wildman–Crippen LogP) is 1.77. The monoisotopic (exact) mass is 408 g/mol. The molecule has 3 aromatic heterocycles. The van der Waals surface area contributed by atoms with Crippen LogP contribution in [-0.4, -0.2) is 48.6 Å². The second-order valence-corrected chi connectivity index (χ2v) is 8.25. The van der Waals surface area contributed by atoms with Crippen molar-refractivity contribution >= 4 is 16.9 Å². The molecule has 1 aromatic carbocycles. The van der Waals surface area contributed by atoms with Gasteiger partial charge in [0.2, 0.25) is 5.78 Å². The van der Waals surface area contributed by atoms with Crippen LogP contribution in [0.4, 0.5) is 0 Å². The van der Waals surface area contributed by atoms with Gasteiger partial charge in [-0.1, -0.05) is 29.8 Å². The highest BCUT2D eigenvalue weighted by Gasteiger charge is 2.20. The number of aromatic nitrogens is 5. The lowest BCUT2D eigenvalue weighted by atomic mass is 10.1. The molecule has 0 amide bonds. The lowest BCUT2D eigenvalue weighted by molar-refractivity contribution is 0.387. The first-order chi connectivity index (χ1) is 14.3. The van der Waals surface area contributed by atoms with E-state index in [9.17, 15) is 9.59 Å². The number of aryl methyl sites for hydroxylation is 4. The van der Waals surface area contributed by atoms with Gasteiger partial charge in [0.05, 0.1) is 6.54 Å². The van der Waals surface area contributed by atoms with Gasteiger partial charge in [-0.2, -0.15) is 4.98 Å². The molecule has 0 N–H and O–H groups in total. The standard InChI is InChI=1S/C22H28N6O2/c1-15-8-6-9-17(12-15)14-28-20(29)18-19(25(5)22(28)30)23-21-26(11-7-10-24(3)4)16(2)13-27(18)21/h6,8-9,12-13H,7,10-11,14H2,1-5H3. The van der Waals surface area contributed by atoms with E-state index in [0.29, 0.717) is 16.9 Å². The Morgan fingerprint density at radius 2 is 1.87 bits per heavy atom. The molecule has 0 saturated heterocycles. The van der Waals surface area contributed by atoms with Crippen molar-refractivity contribution in [2.24, 2.45) is 7.05 Å². The molecule has 0 unspecified atom stereocenters. The van der Waals surface area contributed by atoms with Crippen LogP contribution < -0.4 is 11.2 Å². The van der Waals surface area contributed by atoms with Gasteiger partial charge in [-0.25, -0.2) is 4.79 Å². The largest absolute Gasteiger partial charge is 0.332 e. The second kappa shape index (κ2) is 7.60. The summed E-state index contributed by atoms with van der Waals surface area (Å²) >= 11 is 0. The molecule has 0 atom stereocenters. The fraction of sp³-hybridized carbons (Fsp3) is 0.409. The minimum Gasteiger partial charge on any atom is -0.314 e. The lowest BCUT2D eigenvalue weighted by Gasteiger charge is -2.10. The van der Waals surface area contributed by atoms with E-state index in [4.69, 9.17) is 0 Å². The Bertz CT molecular complexity index is 1350. The van der Waals surface area contributed by atoms with Crippen LogP contribution in [0.15, 0.2) is 40.1 Å². The van der Waals surface area contributed by atoms with E-state index in [1.54, 1.807) is 7.05 Å². The molecule has 0 saturated carbocycles. The number of imidazole rings is 2. The van der Waals surface area contributed by atoms with Gasteiger partial charge < -0.3 is 9.47 Å². The SMILES string of the molecule is Cc1cccc(Cn2c(=O)c3c(nc4n(CCCN(C)C)c(C)cn34)n(C)c2=O)c1. The summed E-state index contributed by atoms with van der Waals surface area (Å²) in [5.74, 6) is 0.696. The second-order valence-electron chi connectivity index (χ2n) is 8.25. The Hall–Kier alpha value is -3.13. The summed E-state index contributed by atoms with van der Waals surface area (Å²) in [6.45, 7) is 6.01. The summed E-state index contributed by atoms with van der Waals surface area (Å²) < 4.78 is 6.70. The Morgan fingerprint density at radius 1 is 1.10 bits per heavy atom. The van der Waals surface area contributed by atoms with Gasteiger partial charge in [-0.3, -0.25) is 18.3 Å². The van der Waals surface area contributed by atoms with Crippen molar-refractivity contribution in [3.63, 3.8) is 0 Å². The van der Waals surface area contributed by atoms with E-state index in [1.165, 1.54) is 9.13 Å². The molecule has 0 spiro atoms. The Labute approximate surface area is 174 Å². The van der Waals surface area contributed by atoms with Crippen molar-refractivity contribution in [1.29, 1.82) is 0 Å². The molecule has 30 heavy (non-hydrogen) atoms. The first kappa shape index (κ1) is 20.2. The van der Waals surface area contributed by atoms with Gasteiger partial charge in [0.15, 0.2) is 11.2 Å². The topological polar surface area (TPSA) is 69.5 Å². The van der Waals surface area contributed by atoms with Crippen LogP contribution in [-0.2, 0) is 20.1 Å². The predicted molar refractivity (Wildman–Crippen MR) is 118 cm³/mol. The average Bonchev–Trinajstić information content (AvgIpc) is 3.19. The molecule has 4 aromatic rings. The quantitative estimate of drug-likeness (QED) is 0.488. The molecule has 4 rings (SSSR count). The summed E-state index contributed by atoms with van der Waals surface area (Å²) in [6, 6.07) is 7.86. The summed E-state index contributed by atoms with van der Waals surface area (Å²) in [6.07, 6.45) is 2.90. The van der Waals surface area contributed by atoms with Crippen LogP contribution in [0.2, 0.25) is 0 Å². The summed E-state index contributed by atoms with van der Waals surface area (Å²) in [5, 5.41) is 0. The van der Waals surface area contributed by atoms with Crippen molar-refractivity contribution in [2.45, 2.75) is 33.4 Å². The van der Waals surface area contributed by atoms with Crippen molar-refractivity contribution < 1.29 is 0 Å². The van der Waals surface area contributed by atoms with E-state index >= 15 is 0 Å². The maximum absolute atomic E-state index is 13.4. The number of benzene rings is 1. The van der Waals surface area contributed by atoms with E-state index in [1.807, 2.05) is 62.8 Å². The van der Waals surface area contributed by atoms with E-state index in [-0.39, 0.29) is 17.8 Å². The molecule has 0 aliphatic heterocycles. The van der Waals surface area contributed by atoms with E-state index < -0.39 is 0 Å². The van der Waals surface area contributed by atoms with Gasteiger partial charge in [0.25, 0.3) is 5.56 Å². The summed E-state index contributed by atoms with van der Waals surface area (Å²) in [7, 11) is 5.77. The zero-order chi connectivity index (χ0) is 21.6. The Morgan fingerprint density at radius 3 is 2.57 bits per heavy atom. The highest BCUT2D eigenvalue weighted by molar-refractivity contribution is 5.75. The number of fused-ring (bicyclic) bond motifs is 3. The summed E-state index contributed by atoms with van der Waals surface area (Å²) in [5.41, 5.74) is 3.24. The molecule has 8 nitrogen and oxygen atoms in total. The highest BCUT2D eigenvalue weighted by Crippen LogP contribution is 2.17. The van der Waals surface area contributed by atoms with Crippen LogP contribution in [0.3, 0.4) is 0 Å². The maximum atomic E-state index is 13.4. The molecule has 0 fully saturated rings. The average molecular weight is 409 g/mol. The van der Waals surface area contributed by atoms with Crippen molar-refractivity contribution in [3.8, 4) is 0 Å². The minimum atomic E-state index is -0.356. The van der Waals surface area contributed by atoms with Crippen LogP contribution in [0.25, 0.3) is 16.9 Å². The maximum Gasteiger partial charge on any atom is 0.332 e. The van der Waals surface area contributed by atoms with Crippen LogP contribution in [0, 0.1) is 13.8 Å². The van der Waals surface area contributed by atoms with Gasteiger partial charge in [0.1, 0.15) is 0 Å².